The lowest BCUT2D eigenvalue weighted by Crippen LogP contribution is -2.27. The summed E-state index contributed by atoms with van der Waals surface area (Å²) in [5.74, 6) is 0.304. The highest BCUT2D eigenvalue weighted by Crippen LogP contribution is 2.22. The largest absolute Gasteiger partial charge is 0.497 e. The van der Waals surface area contributed by atoms with E-state index in [1.54, 1.807) is 18.0 Å². The van der Waals surface area contributed by atoms with E-state index in [-0.39, 0.29) is 6.04 Å². The fourth-order valence-electron chi connectivity index (χ4n) is 1.96. The van der Waals surface area contributed by atoms with E-state index in [2.05, 4.69) is 10.4 Å². The molecule has 1 atom stereocenters. The molecule has 1 heterocycles. The summed E-state index contributed by atoms with van der Waals surface area (Å²) in [6.07, 6.45) is 3.49. The van der Waals surface area contributed by atoms with Crippen molar-refractivity contribution < 1.29 is 9.53 Å². The van der Waals surface area contributed by atoms with Crippen molar-refractivity contribution >= 4 is 11.6 Å². The molecule has 1 amide bonds. The maximum atomic E-state index is 11.7. The third kappa shape index (κ3) is 3.53. The van der Waals surface area contributed by atoms with Gasteiger partial charge in [-0.1, -0.05) is 0 Å². The second-order valence-corrected chi connectivity index (χ2v) is 5.06. The number of benzene rings is 1. The smallest absolute Gasteiger partial charge is 0.244 e. The third-order valence-electron chi connectivity index (χ3n) is 3.17. The molecule has 112 valence electrons. The number of anilines is 1. The molecule has 0 aliphatic rings. The number of nitrogens with two attached hydrogens (primary N) is 1. The number of amides is 1. The van der Waals surface area contributed by atoms with Crippen molar-refractivity contribution in [3.63, 3.8) is 0 Å². The predicted octanol–water partition coefficient (Wildman–Crippen LogP) is 2.11. The fourth-order valence-corrected chi connectivity index (χ4v) is 1.96. The number of ether oxygens (including phenoxy) is 1. The van der Waals surface area contributed by atoms with Crippen LogP contribution in [0, 0.1) is 0 Å². The highest BCUT2D eigenvalue weighted by molar-refractivity contribution is 5.84. The molecule has 3 N–H and O–H groups in total. The van der Waals surface area contributed by atoms with Crippen LogP contribution in [0.25, 0.3) is 0 Å². The Kier molecular flexibility index (Phi) is 4.47. The quantitative estimate of drug-likeness (QED) is 0.853. The van der Waals surface area contributed by atoms with Gasteiger partial charge >= 0.3 is 0 Å². The molecule has 1 aromatic heterocycles. The summed E-state index contributed by atoms with van der Waals surface area (Å²) in [5, 5.41) is 7.35. The minimum Gasteiger partial charge on any atom is -0.497 e. The molecule has 2 aromatic rings. The molecule has 0 spiro atoms. The second kappa shape index (κ2) is 6.30. The summed E-state index contributed by atoms with van der Waals surface area (Å²) in [7, 11) is 1.61. The zero-order valence-corrected chi connectivity index (χ0v) is 12.4. The van der Waals surface area contributed by atoms with E-state index in [1.165, 1.54) is 0 Å². The maximum absolute atomic E-state index is 11.7. The monoisotopic (exact) mass is 288 g/mol. The number of carbonyl (C=O) groups is 1. The van der Waals surface area contributed by atoms with E-state index in [1.807, 2.05) is 44.3 Å². The molecule has 0 bridgehead atoms. The molecule has 0 aliphatic carbocycles. The van der Waals surface area contributed by atoms with Crippen molar-refractivity contribution in [3.05, 3.63) is 42.2 Å². The van der Waals surface area contributed by atoms with E-state index in [0.29, 0.717) is 0 Å². The first-order valence-corrected chi connectivity index (χ1v) is 6.75. The van der Waals surface area contributed by atoms with E-state index in [0.717, 1.165) is 17.0 Å². The molecule has 0 saturated carbocycles. The zero-order valence-electron chi connectivity index (χ0n) is 12.4. The second-order valence-electron chi connectivity index (χ2n) is 5.06. The van der Waals surface area contributed by atoms with Crippen molar-refractivity contribution in [1.82, 2.24) is 9.78 Å². The zero-order chi connectivity index (χ0) is 15.4. The minimum absolute atomic E-state index is 0.230. The molecule has 2 rings (SSSR count). The summed E-state index contributed by atoms with van der Waals surface area (Å²) >= 11 is 0. The Balaban J connectivity index is 2.19. The Morgan fingerprint density at radius 1 is 1.33 bits per heavy atom. The van der Waals surface area contributed by atoms with Crippen LogP contribution in [0.4, 0.5) is 5.69 Å². The third-order valence-corrected chi connectivity index (χ3v) is 3.17. The van der Waals surface area contributed by atoms with Gasteiger partial charge in [0, 0.05) is 23.5 Å². The minimum atomic E-state index is -0.620. The lowest BCUT2D eigenvalue weighted by molar-refractivity contribution is -0.118. The van der Waals surface area contributed by atoms with E-state index in [4.69, 9.17) is 10.5 Å². The van der Waals surface area contributed by atoms with Gasteiger partial charge in [0.05, 0.1) is 13.3 Å². The van der Waals surface area contributed by atoms with Crippen molar-refractivity contribution in [2.24, 2.45) is 5.73 Å². The Morgan fingerprint density at radius 2 is 2.00 bits per heavy atom. The van der Waals surface area contributed by atoms with Crippen molar-refractivity contribution in [2.45, 2.75) is 25.9 Å². The molecule has 1 aromatic carbocycles. The number of carbonyl (C=O) groups excluding carboxylic acids is 1. The molecular weight excluding hydrogens is 268 g/mol. The van der Waals surface area contributed by atoms with Crippen LogP contribution in [-0.2, 0) is 4.79 Å². The lowest BCUT2D eigenvalue weighted by atomic mass is 10.1. The number of nitrogens with one attached hydrogen (secondary N) is 1. The summed E-state index contributed by atoms with van der Waals surface area (Å²) in [5.41, 5.74) is 7.03. The Labute approximate surface area is 123 Å². The number of methoxy groups -OCH3 is 1. The van der Waals surface area contributed by atoms with Gasteiger partial charge in [-0.25, -0.2) is 0 Å². The standard InChI is InChI=1S/C15H20N4O2/c1-10(2)19-9-11(8-17-19)14(15(16)20)18-12-4-6-13(21-3)7-5-12/h4-10,14,18H,1-3H3,(H2,16,20). The Morgan fingerprint density at radius 3 is 2.48 bits per heavy atom. The molecule has 0 radical (unpaired) electrons. The fraction of sp³-hybridized carbons (Fsp3) is 0.333. The summed E-state index contributed by atoms with van der Waals surface area (Å²) in [4.78, 5) is 11.7. The van der Waals surface area contributed by atoms with Gasteiger partial charge in [0.1, 0.15) is 11.8 Å². The predicted molar refractivity (Wildman–Crippen MR) is 81.2 cm³/mol. The van der Waals surface area contributed by atoms with Crippen LogP contribution in [0.1, 0.15) is 31.5 Å². The number of primary amides is 1. The number of hydrogen-bond acceptors (Lipinski definition) is 4. The van der Waals surface area contributed by atoms with Gasteiger partial charge in [-0.05, 0) is 38.1 Å². The Hall–Kier alpha value is -2.50. The van der Waals surface area contributed by atoms with Crippen molar-refractivity contribution in [1.29, 1.82) is 0 Å². The van der Waals surface area contributed by atoms with Crippen LogP contribution in [0.2, 0.25) is 0 Å². The first-order valence-electron chi connectivity index (χ1n) is 6.75. The highest BCUT2D eigenvalue weighted by Gasteiger charge is 2.20. The van der Waals surface area contributed by atoms with Gasteiger partial charge in [-0.2, -0.15) is 5.10 Å². The molecule has 6 nitrogen and oxygen atoms in total. The first-order chi connectivity index (χ1) is 10.0. The van der Waals surface area contributed by atoms with Gasteiger partial charge < -0.3 is 15.8 Å². The van der Waals surface area contributed by atoms with Gasteiger partial charge in [0.25, 0.3) is 0 Å². The van der Waals surface area contributed by atoms with Crippen molar-refractivity contribution in [2.75, 3.05) is 12.4 Å². The van der Waals surface area contributed by atoms with Gasteiger partial charge in [-0.3, -0.25) is 9.48 Å². The molecule has 6 heteroatoms. The van der Waals surface area contributed by atoms with Crippen LogP contribution in [0.15, 0.2) is 36.7 Å². The van der Waals surface area contributed by atoms with Crippen LogP contribution >= 0.6 is 0 Å². The summed E-state index contributed by atoms with van der Waals surface area (Å²) < 4.78 is 6.90. The average Bonchev–Trinajstić information content (AvgIpc) is 2.94. The normalized spacial score (nSPS) is 12.2. The van der Waals surface area contributed by atoms with Gasteiger partial charge in [0.2, 0.25) is 5.91 Å². The lowest BCUT2D eigenvalue weighted by Gasteiger charge is -2.15. The number of hydrogen-bond donors (Lipinski definition) is 2. The van der Waals surface area contributed by atoms with Crippen molar-refractivity contribution in [3.8, 4) is 5.75 Å². The van der Waals surface area contributed by atoms with Crippen LogP contribution in [0.5, 0.6) is 5.75 Å². The van der Waals surface area contributed by atoms with Crippen LogP contribution < -0.4 is 15.8 Å². The summed E-state index contributed by atoms with van der Waals surface area (Å²) in [6.45, 7) is 4.04. The topological polar surface area (TPSA) is 82.2 Å². The molecule has 0 fully saturated rings. The average molecular weight is 288 g/mol. The number of rotatable bonds is 6. The number of aromatic nitrogens is 2. The molecule has 21 heavy (non-hydrogen) atoms. The SMILES string of the molecule is COc1ccc(NC(C(N)=O)c2cnn(C(C)C)c2)cc1. The first kappa shape index (κ1) is 14.9. The molecular formula is C15H20N4O2. The number of nitrogens with zero attached hydrogens (tertiary/aromatic N) is 2. The molecule has 0 saturated heterocycles. The van der Waals surface area contributed by atoms with Gasteiger partial charge in [0.15, 0.2) is 0 Å². The van der Waals surface area contributed by atoms with Crippen LogP contribution in [0.3, 0.4) is 0 Å². The van der Waals surface area contributed by atoms with E-state index in [9.17, 15) is 4.79 Å². The van der Waals surface area contributed by atoms with Gasteiger partial charge in [-0.15, -0.1) is 0 Å². The molecule has 0 aliphatic heterocycles. The molecule has 1 unspecified atom stereocenters. The summed E-state index contributed by atoms with van der Waals surface area (Å²) in [6, 6.07) is 6.92. The maximum Gasteiger partial charge on any atom is 0.244 e. The van der Waals surface area contributed by atoms with E-state index < -0.39 is 11.9 Å². The van der Waals surface area contributed by atoms with Crippen LogP contribution in [-0.4, -0.2) is 22.8 Å². The highest BCUT2D eigenvalue weighted by atomic mass is 16.5. The van der Waals surface area contributed by atoms with E-state index >= 15 is 0 Å². The Bertz CT molecular complexity index is 604.